The lowest BCUT2D eigenvalue weighted by Gasteiger charge is -2.31. The van der Waals surface area contributed by atoms with E-state index in [1.165, 1.54) is 16.8 Å². The van der Waals surface area contributed by atoms with Gasteiger partial charge in [-0.2, -0.15) is 5.10 Å². The quantitative estimate of drug-likeness (QED) is 0.315. The van der Waals surface area contributed by atoms with Gasteiger partial charge >= 0.3 is 0 Å². The Labute approximate surface area is 191 Å². The number of guanidine groups is 1. The molecule has 0 bridgehead atoms. The maximum atomic E-state index is 11.5. The van der Waals surface area contributed by atoms with Crippen LogP contribution >= 0.6 is 0 Å². The van der Waals surface area contributed by atoms with Crippen LogP contribution in [-0.2, 0) is 24.4 Å². The second kappa shape index (κ2) is 11.7. The van der Waals surface area contributed by atoms with Crippen LogP contribution in [0.3, 0.4) is 0 Å². The first-order valence-corrected chi connectivity index (χ1v) is 11.5. The minimum absolute atomic E-state index is 0.0239. The van der Waals surface area contributed by atoms with Gasteiger partial charge in [-0.1, -0.05) is 24.3 Å². The van der Waals surface area contributed by atoms with E-state index in [1.807, 2.05) is 11.6 Å². The zero-order valence-electron chi connectivity index (χ0n) is 19.6. The Kier molecular flexibility index (Phi) is 8.67. The van der Waals surface area contributed by atoms with Crippen LogP contribution < -0.4 is 16.4 Å². The van der Waals surface area contributed by atoms with E-state index in [2.05, 4.69) is 62.9 Å². The molecule has 1 fully saturated rings. The third-order valence-corrected chi connectivity index (χ3v) is 5.93. The standard InChI is InChI=1S/C24H37N7O/c1-18-13-19(2)31(29-18)12-6-10-27-24(26-3)28-15-20-7-4-8-21(14-20)16-30-11-5-9-22(17-30)23(25)32/h4,7-8,13-14,22H,5-6,9-12,15-17H2,1-3H3,(H2,25,32)(H2,26,27,28). The first kappa shape index (κ1) is 23.8. The summed E-state index contributed by atoms with van der Waals surface area (Å²) in [6.45, 7) is 9.14. The van der Waals surface area contributed by atoms with Crippen LogP contribution in [0, 0.1) is 19.8 Å². The summed E-state index contributed by atoms with van der Waals surface area (Å²) in [5.41, 5.74) is 10.2. The Balaban J connectivity index is 1.43. The van der Waals surface area contributed by atoms with Crippen molar-refractivity contribution in [2.45, 2.75) is 52.7 Å². The van der Waals surface area contributed by atoms with Gasteiger partial charge in [-0.15, -0.1) is 0 Å². The molecule has 0 aliphatic carbocycles. The second-order valence-electron chi connectivity index (χ2n) is 8.65. The zero-order chi connectivity index (χ0) is 22.9. The van der Waals surface area contributed by atoms with Crippen LogP contribution in [0.15, 0.2) is 35.3 Å². The van der Waals surface area contributed by atoms with E-state index in [0.29, 0.717) is 6.54 Å². The van der Waals surface area contributed by atoms with Crippen LogP contribution in [0.4, 0.5) is 0 Å². The highest BCUT2D eigenvalue weighted by Gasteiger charge is 2.23. The Morgan fingerprint density at radius 2 is 2.06 bits per heavy atom. The van der Waals surface area contributed by atoms with Gasteiger partial charge in [0, 0.05) is 45.5 Å². The van der Waals surface area contributed by atoms with Gasteiger partial charge in [0.15, 0.2) is 5.96 Å². The van der Waals surface area contributed by atoms with E-state index in [-0.39, 0.29) is 11.8 Å². The van der Waals surface area contributed by atoms with Gasteiger partial charge in [0.25, 0.3) is 0 Å². The van der Waals surface area contributed by atoms with Crippen molar-refractivity contribution < 1.29 is 4.79 Å². The number of benzene rings is 1. The Morgan fingerprint density at radius 1 is 1.25 bits per heavy atom. The molecule has 1 aliphatic rings. The minimum Gasteiger partial charge on any atom is -0.369 e. The lowest BCUT2D eigenvalue weighted by Crippen LogP contribution is -2.40. The van der Waals surface area contributed by atoms with Crippen LogP contribution in [-0.4, -0.2) is 53.2 Å². The summed E-state index contributed by atoms with van der Waals surface area (Å²) in [6.07, 6.45) is 2.90. The predicted octanol–water partition coefficient (Wildman–Crippen LogP) is 1.95. The van der Waals surface area contributed by atoms with E-state index in [9.17, 15) is 4.79 Å². The molecule has 1 saturated heterocycles. The molecule has 1 aromatic carbocycles. The SMILES string of the molecule is CN=C(NCCCn1nc(C)cc1C)NCc1cccc(CN2CCCC(C(N)=O)C2)c1. The summed E-state index contributed by atoms with van der Waals surface area (Å²) in [6, 6.07) is 10.7. The molecule has 1 unspecified atom stereocenters. The number of nitrogens with zero attached hydrogens (tertiary/aromatic N) is 4. The average Bonchev–Trinajstić information content (AvgIpc) is 3.10. The predicted molar refractivity (Wildman–Crippen MR) is 128 cm³/mol. The highest BCUT2D eigenvalue weighted by molar-refractivity contribution is 5.79. The highest BCUT2D eigenvalue weighted by Crippen LogP contribution is 2.18. The van der Waals surface area contributed by atoms with Crippen molar-refractivity contribution in [3.8, 4) is 0 Å². The fourth-order valence-corrected chi connectivity index (χ4v) is 4.27. The number of aliphatic imine (C=N–C) groups is 1. The number of primary amides is 1. The summed E-state index contributed by atoms with van der Waals surface area (Å²) in [5.74, 6) is 0.592. The zero-order valence-corrected chi connectivity index (χ0v) is 19.6. The maximum absolute atomic E-state index is 11.5. The summed E-state index contributed by atoms with van der Waals surface area (Å²) in [4.78, 5) is 18.2. The summed E-state index contributed by atoms with van der Waals surface area (Å²) in [7, 11) is 1.79. The average molecular weight is 440 g/mol. The van der Waals surface area contributed by atoms with E-state index in [4.69, 9.17) is 5.73 Å². The smallest absolute Gasteiger partial charge is 0.221 e. The molecule has 1 aromatic heterocycles. The molecular formula is C24H37N7O. The number of carbonyl (C=O) groups is 1. The van der Waals surface area contributed by atoms with Crippen molar-refractivity contribution in [1.82, 2.24) is 25.3 Å². The van der Waals surface area contributed by atoms with Gasteiger partial charge in [0.1, 0.15) is 0 Å². The third kappa shape index (κ3) is 7.09. The van der Waals surface area contributed by atoms with Crippen molar-refractivity contribution in [2.75, 3.05) is 26.7 Å². The van der Waals surface area contributed by atoms with Gasteiger partial charge in [-0.05, 0) is 56.8 Å². The molecule has 1 atom stereocenters. The van der Waals surface area contributed by atoms with Crippen molar-refractivity contribution in [2.24, 2.45) is 16.6 Å². The molecule has 32 heavy (non-hydrogen) atoms. The van der Waals surface area contributed by atoms with Crippen molar-refractivity contribution in [3.05, 3.63) is 52.8 Å². The number of aryl methyl sites for hydroxylation is 3. The van der Waals surface area contributed by atoms with Crippen molar-refractivity contribution >= 4 is 11.9 Å². The number of piperidine rings is 1. The molecular weight excluding hydrogens is 402 g/mol. The lowest BCUT2D eigenvalue weighted by atomic mass is 9.97. The van der Waals surface area contributed by atoms with Crippen LogP contribution in [0.5, 0.6) is 0 Å². The summed E-state index contributed by atoms with van der Waals surface area (Å²) < 4.78 is 2.05. The number of aromatic nitrogens is 2. The molecule has 4 N–H and O–H groups in total. The van der Waals surface area contributed by atoms with Gasteiger partial charge in [0.2, 0.25) is 5.91 Å². The van der Waals surface area contributed by atoms with E-state index >= 15 is 0 Å². The third-order valence-electron chi connectivity index (χ3n) is 5.93. The van der Waals surface area contributed by atoms with Crippen LogP contribution in [0.2, 0.25) is 0 Å². The molecule has 2 heterocycles. The lowest BCUT2D eigenvalue weighted by molar-refractivity contribution is -0.123. The summed E-state index contributed by atoms with van der Waals surface area (Å²) in [5, 5.41) is 11.3. The maximum Gasteiger partial charge on any atom is 0.221 e. The number of hydrogen-bond donors (Lipinski definition) is 3. The van der Waals surface area contributed by atoms with Crippen LogP contribution in [0.1, 0.15) is 41.8 Å². The van der Waals surface area contributed by atoms with Gasteiger partial charge in [-0.3, -0.25) is 19.4 Å². The number of amides is 1. The van der Waals surface area contributed by atoms with E-state index < -0.39 is 0 Å². The molecule has 0 radical (unpaired) electrons. The number of nitrogens with one attached hydrogen (secondary N) is 2. The largest absolute Gasteiger partial charge is 0.369 e. The Hall–Kier alpha value is -2.87. The molecule has 3 rings (SSSR count). The highest BCUT2D eigenvalue weighted by atomic mass is 16.1. The molecule has 1 amide bonds. The fourth-order valence-electron chi connectivity index (χ4n) is 4.27. The molecule has 8 nitrogen and oxygen atoms in total. The van der Waals surface area contributed by atoms with E-state index in [0.717, 1.165) is 63.6 Å². The molecule has 0 saturated carbocycles. The Bertz CT molecular complexity index is 921. The number of hydrogen-bond acceptors (Lipinski definition) is 4. The van der Waals surface area contributed by atoms with Crippen molar-refractivity contribution in [3.63, 3.8) is 0 Å². The normalized spacial score (nSPS) is 17.3. The first-order valence-electron chi connectivity index (χ1n) is 11.5. The molecule has 0 spiro atoms. The second-order valence-corrected chi connectivity index (χ2v) is 8.65. The number of carbonyl (C=O) groups excluding carboxylic acids is 1. The van der Waals surface area contributed by atoms with Gasteiger partial charge in [0.05, 0.1) is 11.6 Å². The van der Waals surface area contributed by atoms with Crippen molar-refractivity contribution in [1.29, 1.82) is 0 Å². The minimum atomic E-state index is -0.179. The number of nitrogens with two attached hydrogens (primary N) is 1. The molecule has 2 aromatic rings. The molecule has 8 heteroatoms. The molecule has 174 valence electrons. The number of likely N-dealkylation sites (tertiary alicyclic amines) is 1. The Morgan fingerprint density at radius 3 is 2.78 bits per heavy atom. The summed E-state index contributed by atoms with van der Waals surface area (Å²) >= 11 is 0. The molecule has 1 aliphatic heterocycles. The number of rotatable bonds is 9. The van der Waals surface area contributed by atoms with Crippen LogP contribution in [0.25, 0.3) is 0 Å². The topological polar surface area (TPSA) is 101 Å². The fraction of sp³-hybridized carbons (Fsp3) is 0.542. The first-order chi connectivity index (χ1) is 15.4. The monoisotopic (exact) mass is 439 g/mol. The van der Waals surface area contributed by atoms with Gasteiger partial charge < -0.3 is 16.4 Å². The van der Waals surface area contributed by atoms with E-state index in [1.54, 1.807) is 7.05 Å². The van der Waals surface area contributed by atoms with Gasteiger partial charge in [-0.25, -0.2) is 0 Å².